The first kappa shape index (κ1) is 22.2. The molecule has 0 saturated carbocycles. The Bertz CT molecular complexity index is 898. The summed E-state index contributed by atoms with van der Waals surface area (Å²) in [6.45, 7) is 1.26. The van der Waals surface area contributed by atoms with Crippen molar-refractivity contribution < 1.29 is 9.59 Å². The van der Waals surface area contributed by atoms with Gasteiger partial charge in [0.1, 0.15) is 4.32 Å². The summed E-state index contributed by atoms with van der Waals surface area (Å²) < 4.78 is 0.612. The number of rotatable bonds is 10. The molecule has 0 radical (unpaired) electrons. The molecule has 0 aromatic heterocycles. The van der Waals surface area contributed by atoms with Crippen LogP contribution in [0.5, 0.6) is 0 Å². The normalized spacial score (nSPS) is 15.1. The Morgan fingerprint density at radius 2 is 1.70 bits per heavy atom. The third-order valence-electron chi connectivity index (χ3n) is 4.84. The maximum atomic E-state index is 12.6. The lowest BCUT2D eigenvalue weighted by Gasteiger charge is -2.14. The van der Waals surface area contributed by atoms with Crippen molar-refractivity contribution in [3.63, 3.8) is 0 Å². The highest BCUT2D eigenvalue weighted by molar-refractivity contribution is 8.26. The number of unbranched alkanes of at least 4 members (excludes halogenated alkanes) is 2. The number of hydrogen-bond donors (Lipinski definition) is 1. The van der Waals surface area contributed by atoms with Crippen LogP contribution >= 0.6 is 24.0 Å². The van der Waals surface area contributed by atoms with Gasteiger partial charge in [0.05, 0.1) is 4.91 Å². The van der Waals surface area contributed by atoms with Crippen LogP contribution in [0, 0.1) is 0 Å². The number of thioether (sulfide) groups is 1. The molecule has 2 amide bonds. The molecule has 156 valence electrons. The van der Waals surface area contributed by atoms with Gasteiger partial charge in [0.2, 0.25) is 5.91 Å². The van der Waals surface area contributed by atoms with Crippen molar-refractivity contribution in [2.24, 2.45) is 0 Å². The number of nitrogens with one attached hydrogen (secondary N) is 1. The van der Waals surface area contributed by atoms with Gasteiger partial charge in [-0.25, -0.2) is 0 Å². The van der Waals surface area contributed by atoms with Gasteiger partial charge in [0.25, 0.3) is 5.91 Å². The van der Waals surface area contributed by atoms with Crippen molar-refractivity contribution >= 4 is 46.2 Å². The van der Waals surface area contributed by atoms with Crippen molar-refractivity contribution in [1.82, 2.24) is 10.2 Å². The zero-order valence-electron chi connectivity index (χ0n) is 16.9. The van der Waals surface area contributed by atoms with Gasteiger partial charge in [-0.05, 0) is 36.5 Å². The summed E-state index contributed by atoms with van der Waals surface area (Å²) in [7, 11) is 0. The lowest BCUT2D eigenvalue weighted by atomic mass is 10.1. The van der Waals surface area contributed by atoms with Gasteiger partial charge >= 0.3 is 0 Å². The van der Waals surface area contributed by atoms with E-state index in [1.54, 1.807) is 4.90 Å². The Balaban J connectivity index is 1.32. The van der Waals surface area contributed by atoms with Gasteiger partial charge in [0.15, 0.2) is 0 Å². The van der Waals surface area contributed by atoms with Gasteiger partial charge in [-0.1, -0.05) is 91.1 Å². The minimum Gasteiger partial charge on any atom is -0.356 e. The van der Waals surface area contributed by atoms with Gasteiger partial charge in [-0.2, -0.15) is 0 Å². The van der Waals surface area contributed by atoms with Crippen LogP contribution in [0.1, 0.15) is 36.8 Å². The highest BCUT2D eigenvalue weighted by Crippen LogP contribution is 2.32. The Morgan fingerprint density at radius 1 is 1.00 bits per heavy atom. The topological polar surface area (TPSA) is 49.4 Å². The fourth-order valence-corrected chi connectivity index (χ4v) is 4.51. The third kappa shape index (κ3) is 6.82. The number of hydrogen-bond acceptors (Lipinski definition) is 4. The molecule has 6 heteroatoms. The van der Waals surface area contributed by atoms with Crippen LogP contribution in [0.3, 0.4) is 0 Å². The molecule has 4 nitrogen and oxygen atoms in total. The smallest absolute Gasteiger partial charge is 0.266 e. The highest BCUT2D eigenvalue weighted by atomic mass is 32.2. The van der Waals surface area contributed by atoms with E-state index in [9.17, 15) is 9.59 Å². The van der Waals surface area contributed by atoms with E-state index in [1.807, 2.05) is 54.6 Å². The van der Waals surface area contributed by atoms with Gasteiger partial charge < -0.3 is 5.32 Å². The molecular weight excluding hydrogens is 412 g/mol. The van der Waals surface area contributed by atoms with Crippen molar-refractivity contribution in [2.75, 3.05) is 13.1 Å². The molecule has 0 atom stereocenters. The number of nitrogens with zero attached hydrogens (tertiary/aromatic N) is 1. The van der Waals surface area contributed by atoms with Gasteiger partial charge in [-0.15, -0.1) is 0 Å². The SMILES string of the molecule is O=C(CCCCCN1C(=O)C(=Cc2ccccc2)SC1=S)NCCc1ccccc1. The highest BCUT2D eigenvalue weighted by Gasteiger charge is 2.31. The maximum Gasteiger partial charge on any atom is 0.266 e. The summed E-state index contributed by atoms with van der Waals surface area (Å²) >= 11 is 6.74. The van der Waals surface area contributed by atoms with Crippen LogP contribution in [0.4, 0.5) is 0 Å². The summed E-state index contributed by atoms with van der Waals surface area (Å²) in [6, 6.07) is 19.9. The predicted octanol–water partition coefficient (Wildman–Crippen LogP) is 4.81. The largest absolute Gasteiger partial charge is 0.356 e. The second-order valence-electron chi connectivity index (χ2n) is 7.14. The van der Waals surface area contributed by atoms with E-state index < -0.39 is 0 Å². The summed E-state index contributed by atoms with van der Waals surface area (Å²) in [5.41, 5.74) is 2.22. The molecule has 0 aliphatic carbocycles. The molecule has 0 bridgehead atoms. The number of benzene rings is 2. The standard InChI is InChI=1S/C24H26N2O2S2/c27-22(25-16-15-19-10-4-1-5-11-19)14-8-3-9-17-26-23(28)21(30-24(26)29)18-20-12-6-2-7-13-20/h1-2,4-7,10-13,18H,3,8-9,14-17H2,(H,25,27). The predicted molar refractivity (Wildman–Crippen MR) is 128 cm³/mol. The number of amides is 2. The molecule has 30 heavy (non-hydrogen) atoms. The molecule has 0 spiro atoms. The van der Waals surface area contributed by atoms with Crippen LogP contribution < -0.4 is 5.32 Å². The Morgan fingerprint density at radius 3 is 2.43 bits per heavy atom. The number of carbonyl (C=O) groups excluding carboxylic acids is 2. The summed E-state index contributed by atoms with van der Waals surface area (Å²) in [4.78, 5) is 26.9. The van der Waals surface area contributed by atoms with E-state index in [0.717, 1.165) is 31.2 Å². The van der Waals surface area contributed by atoms with E-state index in [0.29, 0.717) is 28.7 Å². The molecule has 2 aromatic carbocycles. The van der Waals surface area contributed by atoms with Gasteiger partial charge in [-0.3, -0.25) is 14.5 Å². The van der Waals surface area contributed by atoms with Crippen LogP contribution in [0.2, 0.25) is 0 Å². The number of carbonyl (C=O) groups is 2. The minimum atomic E-state index is -0.0208. The first-order chi connectivity index (χ1) is 14.6. The average Bonchev–Trinajstić information content (AvgIpc) is 3.02. The molecule has 1 fully saturated rings. The van der Waals surface area contributed by atoms with E-state index in [4.69, 9.17) is 12.2 Å². The lowest BCUT2D eigenvalue weighted by Crippen LogP contribution is -2.29. The first-order valence-electron chi connectivity index (χ1n) is 10.2. The zero-order valence-corrected chi connectivity index (χ0v) is 18.5. The molecule has 2 aromatic rings. The summed E-state index contributed by atoms with van der Waals surface area (Å²) in [6.07, 6.45) is 5.78. The van der Waals surface area contributed by atoms with E-state index in [-0.39, 0.29) is 11.8 Å². The van der Waals surface area contributed by atoms with Crippen LogP contribution in [0.25, 0.3) is 6.08 Å². The molecule has 3 rings (SSSR count). The van der Waals surface area contributed by atoms with Crippen LogP contribution in [0.15, 0.2) is 65.6 Å². The minimum absolute atomic E-state index is 0.0208. The van der Waals surface area contributed by atoms with Crippen LogP contribution in [-0.4, -0.2) is 34.1 Å². The fraction of sp³-hybridized carbons (Fsp3) is 0.292. The monoisotopic (exact) mass is 438 g/mol. The Kier molecular flexibility index (Phi) is 8.66. The van der Waals surface area contributed by atoms with Crippen molar-refractivity contribution in [2.45, 2.75) is 32.1 Å². The van der Waals surface area contributed by atoms with Crippen molar-refractivity contribution in [3.05, 3.63) is 76.7 Å². The van der Waals surface area contributed by atoms with Gasteiger partial charge in [0, 0.05) is 19.5 Å². The van der Waals surface area contributed by atoms with Crippen LogP contribution in [-0.2, 0) is 16.0 Å². The Labute approximate surface area is 187 Å². The molecule has 1 N–H and O–H groups in total. The molecule has 1 aliphatic heterocycles. The molecule has 1 heterocycles. The van der Waals surface area contributed by atoms with Crippen molar-refractivity contribution in [3.8, 4) is 0 Å². The van der Waals surface area contributed by atoms with Crippen molar-refractivity contribution in [1.29, 1.82) is 0 Å². The molecular formula is C24H26N2O2S2. The second kappa shape index (κ2) is 11.7. The zero-order chi connectivity index (χ0) is 21.2. The third-order valence-corrected chi connectivity index (χ3v) is 6.21. The van der Waals surface area contributed by atoms with E-state index >= 15 is 0 Å². The number of thiocarbonyl (C=S) groups is 1. The molecule has 1 aliphatic rings. The average molecular weight is 439 g/mol. The Hall–Kier alpha value is -2.44. The second-order valence-corrected chi connectivity index (χ2v) is 8.82. The fourth-order valence-electron chi connectivity index (χ4n) is 3.20. The summed E-state index contributed by atoms with van der Waals surface area (Å²) in [5, 5.41) is 2.97. The molecule has 0 unspecified atom stereocenters. The maximum absolute atomic E-state index is 12.6. The lowest BCUT2D eigenvalue weighted by molar-refractivity contribution is -0.122. The first-order valence-corrected chi connectivity index (χ1v) is 11.5. The van der Waals surface area contributed by atoms with E-state index in [1.165, 1.54) is 17.3 Å². The quantitative estimate of drug-likeness (QED) is 0.329. The molecule has 1 saturated heterocycles. The summed E-state index contributed by atoms with van der Waals surface area (Å²) in [5.74, 6) is 0.0647. The van der Waals surface area contributed by atoms with E-state index in [2.05, 4.69) is 17.4 Å².